The average Bonchev–Trinajstić information content (AvgIpc) is 2.80. The van der Waals surface area contributed by atoms with Crippen LogP contribution < -0.4 is 9.62 Å². The molecule has 0 saturated carbocycles. The van der Waals surface area contributed by atoms with Crippen molar-refractivity contribution in [2.75, 3.05) is 23.7 Å². The van der Waals surface area contributed by atoms with Crippen molar-refractivity contribution in [2.45, 2.75) is 46.2 Å². The van der Waals surface area contributed by atoms with Crippen LogP contribution in [0, 0.1) is 0 Å². The van der Waals surface area contributed by atoms with Crippen molar-refractivity contribution in [3.05, 3.63) is 65.7 Å². The maximum absolute atomic E-state index is 13.5. The van der Waals surface area contributed by atoms with E-state index in [-0.39, 0.29) is 23.9 Å². The summed E-state index contributed by atoms with van der Waals surface area (Å²) in [6.45, 7) is 5.28. The predicted molar refractivity (Wildman–Crippen MR) is 133 cm³/mol. The molecule has 0 aliphatic carbocycles. The lowest BCUT2D eigenvalue weighted by atomic mass is 10.1. The summed E-state index contributed by atoms with van der Waals surface area (Å²) in [6.07, 6.45) is 2.13. The molecule has 1 atom stereocenters. The molecule has 0 unspecified atom stereocenters. The summed E-state index contributed by atoms with van der Waals surface area (Å²) < 4.78 is 26.2. The quantitative estimate of drug-likeness (QED) is 0.464. The first-order valence-corrected chi connectivity index (χ1v) is 13.1. The van der Waals surface area contributed by atoms with Crippen molar-refractivity contribution < 1.29 is 22.8 Å². The zero-order valence-corrected chi connectivity index (χ0v) is 21.0. The molecule has 1 N–H and O–H groups in total. The SMILES string of the molecule is CCCNC(=O)[C@H](CC)N(Cc1ccccc1)C(=O)CN(c1cccc(C(C)=O)c1)S(C)(=O)=O. The second-order valence-electron chi connectivity index (χ2n) is 8.10. The number of anilines is 1. The molecule has 2 aromatic rings. The van der Waals surface area contributed by atoms with Crippen molar-refractivity contribution >= 4 is 33.3 Å². The summed E-state index contributed by atoms with van der Waals surface area (Å²) in [5, 5.41) is 2.84. The van der Waals surface area contributed by atoms with Gasteiger partial charge in [0.1, 0.15) is 12.6 Å². The first kappa shape index (κ1) is 27.0. The van der Waals surface area contributed by atoms with E-state index >= 15 is 0 Å². The van der Waals surface area contributed by atoms with E-state index in [9.17, 15) is 22.8 Å². The number of benzene rings is 2. The highest BCUT2D eigenvalue weighted by atomic mass is 32.2. The Morgan fingerprint density at radius 3 is 2.24 bits per heavy atom. The van der Waals surface area contributed by atoms with E-state index in [1.165, 1.54) is 24.0 Å². The molecule has 0 spiro atoms. The van der Waals surface area contributed by atoms with Crippen molar-refractivity contribution in [3.8, 4) is 0 Å². The average molecular weight is 488 g/mol. The van der Waals surface area contributed by atoms with Gasteiger partial charge in [-0.25, -0.2) is 8.42 Å². The first-order valence-electron chi connectivity index (χ1n) is 11.3. The van der Waals surface area contributed by atoms with Crippen LogP contribution >= 0.6 is 0 Å². The molecule has 0 heterocycles. The monoisotopic (exact) mass is 487 g/mol. The van der Waals surface area contributed by atoms with Crippen LogP contribution in [-0.2, 0) is 26.2 Å². The van der Waals surface area contributed by atoms with Gasteiger partial charge in [-0.05, 0) is 37.5 Å². The first-order chi connectivity index (χ1) is 16.1. The maximum atomic E-state index is 13.5. The molecule has 0 radical (unpaired) electrons. The van der Waals surface area contributed by atoms with Crippen LogP contribution in [0.4, 0.5) is 5.69 Å². The largest absolute Gasteiger partial charge is 0.354 e. The third-order valence-corrected chi connectivity index (χ3v) is 6.49. The number of sulfonamides is 1. The van der Waals surface area contributed by atoms with Gasteiger partial charge in [0, 0.05) is 18.7 Å². The van der Waals surface area contributed by atoms with Gasteiger partial charge in [0.05, 0.1) is 11.9 Å². The second kappa shape index (κ2) is 12.3. The van der Waals surface area contributed by atoms with E-state index in [1.807, 2.05) is 44.2 Å². The summed E-state index contributed by atoms with van der Waals surface area (Å²) in [6, 6.07) is 14.6. The van der Waals surface area contributed by atoms with E-state index in [0.717, 1.165) is 22.5 Å². The number of nitrogens with zero attached hydrogens (tertiary/aromatic N) is 2. The van der Waals surface area contributed by atoms with Gasteiger partial charge in [-0.2, -0.15) is 0 Å². The van der Waals surface area contributed by atoms with Gasteiger partial charge in [-0.15, -0.1) is 0 Å². The molecule has 184 valence electrons. The van der Waals surface area contributed by atoms with E-state index in [4.69, 9.17) is 0 Å². The Labute approximate surface area is 202 Å². The van der Waals surface area contributed by atoms with Crippen molar-refractivity contribution in [3.63, 3.8) is 0 Å². The smallest absolute Gasteiger partial charge is 0.244 e. The van der Waals surface area contributed by atoms with Crippen LogP contribution in [0.3, 0.4) is 0 Å². The highest BCUT2D eigenvalue weighted by Gasteiger charge is 2.31. The number of nitrogens with one attached hydrogen (secondary N) is 1. The molecule has 2 aromatic carbocycles. The Kier molecular flexibility index (Phi) is 9.80. The molecule has 0 aliphatic heterocycles. The van der Waals surface area contributed by atoms with Crippen LogP contribution in [0.5, 0.6) is 0 Å². The van der Waals surface area contributed by atoms with Gasteiger partial charge in [0.2, 0.25) is 21.8 Å². The van der Waals surface area contributed by atoms with E-state index in [2.05, 4.69) is 5.32 Å². The summed E-state index contributed by atoms with van der Waals surface area (Å²) >= 11 is 0. The fraction of sp³-hybridized carbons (Fsp3) is 0.400. The number of hydrogen-bond acceptors (Lipinski definition) is 5. The molecular weight excluding hydrogens is 454 g/mol. The van der Waals surface area contributed by atoms with Gasteiger partial charge in [-0.1, -0.05) is 56.3 Å². The molecule has 0 saturated heterocycles. The standard InChI is InChI=1S/C25H33N3O5S/c1-5-15-26-25(31)23(6-2)27(17-20-11-8-7-9-12-20)24(30)18-28(34(4,32)33)22-14-10-13-21(16-22)19(3)29/h7-14,16,23H,5-6,15,17-18H2,1-4H3,(H,26,31)/t23-/m0/s1. The third kappa shape index (κ3) is 7.41. The Balaban J connectivity index is 2.43. The van der Waals surface area contributed by atoms with Gasteiger partial charge >= 0.3 is 0 Å². The van der Waals surface area contributed by atoms with Crippen molar-refractivity contribution in [1.82, 2.24) is 10.2 Å². The molecule has 0 bridgehead atoms. The molecule has 2 amide bonds. The highest BCUT2D eigenvalue weighted by molar-refractivity contribution is 7.92. The number of hydrogen-bond donors (Lipinski definition) is 1. The van der Waals surface area contributed by atoms with E-state index in [0.29, 0.717) is 18.5 Å². The number of carbonyl (C=O) groups excluding carboxylic acids is 3. The molecule has 0 aromatic heterocycles. The minimum absolute atomic E-state index is 0.156. The van der Waals surface area contributed by atoms with Crippen molar-refractivity contribution in [1.29, 1.82) is 0 Å². The van der Waals surface area contributed by atoms with Crippen LogP contribution in [0.25, 0.3) is 0 Å². The Hall–Kier alpha value is -3.20. The molecule has 2 rings (SSSR count). The molecule has 9 heteroatoms. The number of amides is 2. The zero-order chi connectivity index (χ0) is 25.3. The fourth-order valence-corrected chi connectivity index (χ4v) is 4.40. The van der Waals surface area contributed by atoms with Crippen LogP contribution in [0.15, 0.2) is 54.6 Å². The topological polar surface area (TPSA) is 104 Å². The maximum Gasteiger partial charge on any atom is 0.244 e. The summed E-state index contributed by atoms with van der Waals surface area (Å²) in [7, 11) is -3.85. The molecule has 34 heavy (non-hydrogen) atoms. The van der Waals surface area contributed by atoms with Crippen molar-refractivity contribution in [2.24, 2.45) is 0 Å². The third-order valence-electron chi connectivity index (χ3n) is 5.35. The van der Waals surface area contributed by atoms with Gasteiger partial charge < -0.3 is 10.2 Å². The second-order valence-corrected chi connectivity index (χ2v) is 10.0. The predicted octanol–water partition coefficient (Wildman–Crippen LogP) is 2.99. The van der Waals surface area contributed by atoms with Crippen LogP contribution in [0.1, 0.15) is 49.5 Å². The summed E-state index contributed by atoms with van der Waals surface area (Å²) in [5.41, 5.74) is 1.37. The normalized spacial score (nSPS) is 12.0. The number of ketones is 1. The lowest BCUT2D eigenvalue weighted by Crippen LogP contribution is -2.52. The number of Topliss-reactive ketones (excluding diaryl/α,β-unsaturated/α-hetero) is 1. The lowest BCUT2D eigenvalue weighted by Gasteiger charge is -2.33. The number of carbonyl (C=O) groups is 3. The minimum atomic E-state index is -3.85. The molecule has 0 aliphatic rings. The van der Waals surface area contributed by atoms with E-state index in [1.54, 1.807) is 12.1 Å². The zero-order valence-electron chi connectivity index (χ0n) is 20.2. The van der Waals surface area contributed by atoms with E-state index < -0.39 is 28.5 Å². The van der Waals surface area contributed by atoms with Crippen LogP contribution in [0.2, 0.25) is 0 Å². The van der Waals surface area contributed by atoms with Gasteiger partial charge in [-0.3, -0.25) is 18.7 Å². The Bertz CT molecular complexity index is 1100. The lowest BCUT2D eigenvalue weighted by molar-refractivity contribution is -0.140. The minimum Gasteiger partial charge on any atom is -0.354 e. The summed E-state index contributed by atoms with van der Waals surface area (Å²) in [5.74, 6) is -1.01. The summed E-state index contributed by atoms with van der Waals surface area (Å²) in [4.78, 5) is 39.6. The van der Waals surface area contributed by atoms with Crippen LogP contribution in [-0.4, -0.2) is 56.3 Å². The Morgan fingerprint density at radius 2 is 1.68 bits per heavy atom. The molecule has 0 fully saturated rings. The highest BCUT2D eigenvalue weighted by Crippen LogP contribution is 2.21. The Morgan fingerprint density at radius 1 is 1.00 bits per heavy atom. The van der Waals surface area contributed by atoms with Gasteiger partial charge in [0.15, 0.2) is 5.78 Å². The molecular formula is C25H33N3O5S. The fourth-order valence-electron chi connectivity index (χ4n) is 3.56. The number of rotatable bonds is 12. The molecule has 8 nitrogen and oxygen atoms in total. The van der Waals surface area contributed by atoms with Gasteiger partial charge in [0.25, 0.3) is 0 Å².